The fraction of sp³-hybridized carbons (Fsp3) is 0.429. The Bertz CT molecular complexity index is 326. The molecule has 0 aliphatic heterocycles. The first kappa shape index (κ1) is 9.16. The summed E-state index contributed by atoms with van der Waals surface area (Å²) in [7, 11) is 0. The van der Waals surface area contributed by atoms with Gasteiger partial charge in [0, 0.05) is 5.92 Å². The molecule has 0 aliphatic rings. The Morgan fingerprint density at radius 3 is 2.75 bits per heavy atom. The predicted octanol–water partition coefficient (Wildman–Crippen LogP) is 2.53. The number of aliphatic imine (C=N–C) groups is 1. The zero-order valence-corrected chi connectivity index (χ0v) is 8.25. The average Bonchev–Trinajstić information content (AvgIpc) is 2.34. The van der Waals surface area contributed by atoms with Crippen molar-refractivity contribution in [2.24, 2.45) is 4.99 Å². The first-order valence-corrected chi connectivity index (χ1v) is 4.19. The quantitative estimate of drug-likeness (QED) is 0.580. The molecule has 0 atom stereocenters. The van der Waals surface area contributed by atoms with E-state index in [0.29, 0.717) is 10.2 Å². The largest absolute Gasteiger partial charge is 0.358 e. The van der Waals surface area contributed by atoms with Gasteiger partial charge in [0.25, 0.3) is 0 Å². The van der Waals surface area contributed by atoms with Crippen LogP contribution < -0.4 is 0 Å². The number of hydrogen-bond acceptors (Lipinski definition) is 4. The van der Waals surface area contributed by atoms with Crippen LogP contribution in [0.15, 0.2) is 14.0 Å². The third-order valence-corrected chi connectivity index (χ3v) is 2.06. The number of aromatic nitrogens is 1. The van der Waals surface area contributed by atoms with Crippen LogP contribution in [-0.2, 0) is 4.79 Å². The summed E-state index contributed by atoms with van der Waals surface area (Å²) >= 11 is 3.22. The molecule has 4 nitrogen and oxygen atoms in total. The Balaban J connectivity index is 3.12. The summed E-state index contributed by atoms with van der Waals surface area (Å²) in [6.07, 6.45) is 1.40. The lowest BCUT2D eigenvalue weighted by Gasteiger charge is -1.96. The number of halogens is 1. The van der Waals surface area contributed by atoms with Crippen molar-refractivity contribution < 1.29 is 9.32 Å². The molecule has 0 spiro atoms. The molecule has 0 unspecified atom stereocenters. The van der Waals surface area contributed by atoms with Crippen molar-refractivity contribution in [2.75, 3.05) is 0 Å². The first-order valence-electron chi connectivity index (χ1n) is 3.39. The van der Waals surface area contributed by atoms with E-state index >= 15 is 0 Å². The minimum Gasteiger partial charge on any atom is -0.358 e. The smallest absolute Gasteiger partial charge is 0.242 e. The Morgan fingerprint density at radius 2 is 2.33 bits per heavy atom. The van der Waals surface area contributed by atoms with Crippen molar-refractivity contribution in [3.63, 3.8) is 0 Å². The van der Waals surface area contributed by atoms with Crippen LogP contribution in [0.1, 0.15) is 25.5 Å². The molecule has 0 radical (unpaired) electrons. The molecule has 64 valence electrons. The minimum absolute atomic E-state index is 0.211. The second-order valence-electron chi connectivity index (χ2n) is 2.54. The summed E-state index contributed by atoms with van der Waals surface area (Å²) in [4.78, 5) is 13.3. The topological polar surface area (TPSA) is 55.5 Å². The summed E-state index contributed by atoms with van der Waals surface area (Å²) < 4.78 is 5.57. The lowest BCUT2D eigenvalue weighted by Crippen LogP contribution is -1.82. The lowest BCUT2D eigenvalue weighted by molar-refractivity contribution is 0.371. The van der Waals surface area contributed by atoms with Gasteiger partial charge in [-0.1, -0.05) is 19.0 Å². The van der Waals surface area contributed by atoms with E-state index in [-0.39, 0.29) is 11.7 Å². The molecule has 1 aromatic heterocycles. The molecule has 0 aliphatic carbocycles. The Hall–Kier alpha value is -0.930. The molecule has 1 aromatic rings. The molecule has 0 amide bonds. The second kappa shape index (κ2) is 3.65. The highest BCUT2D eigenvalue weighted by Gasteiger charge is 2.15. The van der Waals surface area contributed by atoms with Crippen LogP contribution in [0.5, 0.6) is 0 Å². The monoisotopic (exact) mass is 230 g/mol. The van der Waals surface area contributed by atoms with Crippen molar-refractivity contribution >= 4 is 27.8 Å². The van der Waals surface area contributed by atoms with Crippen LogP contribution in [0, 0.1) is 0 Å². The fourth-order valence-corrected chi connectivity index (χ4v) is 1.45. The molecule has 1 heterocycles. The molecule has 12 heavy (non-hydrogen) atoms. The van der Waals surface area contributed by atoms with Crippen molar-refractivity contribution in [3.8, 4) is 0 Å². The molecule has 5 heteroatoms. The number of carbonyl (C=O) groups excluding carboxylic acids is 1. The highest BCUT2D eigenvalue weighted by molar-refractivity contribution is 9.10. The molecule has 0 bridgehead atoms. The predicted molar refractivity (Wildman–Crippen MR) is 46.1 cm³/mol. The summed E-state index contributed by atoms with van der Waals surface area (Å²) in [5.41, 5.74) is 0. The third-order valence-electron chi connectivity index (χ3n) is 1.32. The normalized spacial score (nSPS) is 10.0. The van der Waals surface area contributed by atoms with Gasteiger partial charge in [-0.05, 0) is 15.9 Å². The molecule has 0 N–H and O–H groups in total. The van der Waals surface area contributed by atoms with Gasteiger partial charge in [0.15, 0.2) is 5.76 Å². The summed E-state index contributed by atoms with van der Waals surface area (Å²) in [6.45, 7) is 3.92. The van der Waals surface area contributed by atoms with Gasteiger partial charge in [-0.3, -0.25) is 0 Å². The fourth-order valence-electron chi connectivity index (χ4n) is 0.754. The summed E-state index contributed by atoms with van der Waals surface area (Å²) in [5, 5.41) is 3.58. The standard InChI is InChI=1S/C7H7BrN2O2/c1-4(2)6-5(8)7(9-3-11)10-12-6/h4H,1-2H3. The van der Waals surface area contributed by atoms with E-state index in [1.165, 1.54) is 6.08 Å². The molecular weight excluding hydrogens is 224 g/mol. The van der Waals surface area contributed by atoms with E-state index in [9.17, 15) is 4.79 Å². The number of isocyanates is 1. The van der Waals surface area contributed by atoms with Gasteiger partial charge >= 0.3 is 0 Å². The van der Waals surface area contributed by atoms with Crippen LogP contribution in [0.25, 0.3) is 0 Å². The van der Waals surface area contributed by atoms with Crippen LogP contribution in [0.4, 0.5) is 5.82 Å². The Kier molecular flexibility index (Phi) is 2.78. The third kappa shape index (κ3) is 1.62. The Labute approximate surface area is 77.8 Å². The zero-order valence-electron chi connectivity index (χ0n) is 6.67. The Morgan fingerprint density at radius 1 is 1.67 bits per heavy atom. The number of rotatable bonds is 2. The SMILES string of the molecule is CC(C)c1onc(N=C=O)c1Br. The number of nitrogens with zero attached hydrogens (tertiary/aromatic N) is 2. The van der Waals surface area contributed by atoms with Gasteiger partial charge in [-0.15, -0.1) is 4.99 Å². The highest BCUT2D eigenvalue weighted by atomic mass is 79.9. The van der Waals surface area contributed by atoms with Gasteiger partial charge < -0.3 is 4.52 Å². The van der Waals surface area contributed by atoms with Crippen molar-refractivity contribution in [2.45, 2.75) is 19.8 Å². The number of hydrogen-bond donors (Lipinski definition) is 0. The van der Waals surface area contributed by atoms with Crippen molar-refractivity contribution in [3.05, 3.63) is 10.2 Å². The van der Waals surface area contributed by atoms with E-state index in [1.807, 2.05) is 13.8 Å². The zero-order chi connectivity index (χ0) is 9.14. The maximum atomic E-state index is 9.91. The van der Waals surface area contributed by atoms with Gasteiger partial charge in [-0.2, -0.15) is 0 Å². The van der Waals surface area contributed by atoms with E-state index < -0.39 is 0 Å². The van der Waals surface area contributed by atoms with Gasteiger partial charge in [0.2, 0.25) is 11.9 Å². The van der Waals surface area contributed by atoms with Crippen LogP contribution in [-0.4, -0.2) is 11.2 Å². The van der Waals surface area contributed by atoms with Crippen LogP contribution in [0.3, 0.4) is 0 Å². The van der Waals surface area contributed by atoms with Gasteiger partial charge in [0.1, 0.15) is 4.47 Å². The molecule has 0 fully saturated rings. The van der Waals surface area contributed by atoms with E-state index in [0.717, 1.165) is 0 Å². The van der Waals surface area contributed by atoms with Gasteiger partial charge in [-0.25, -0.2) is 4.79 Å². The maximum Gasteiger partial charge on any atom is 0.242 e. The van der Waals surface area contributed by atoms with E-state index in [1.54, 1.807) is 0 Å². The van der Waals surface area contributed by atoms with Crippen LogP contribution in [0.2, 0.25) is 0 Å². The molecular formula is C7H7BrN2O2. The summed E-state index contributed by atoms with van der Waals surface area (Å²) in [6, 6.07) is 0. The van der Waals surface area contributed by atoms with Crippen LogP contribution >= 0.6 is 15.9 Å². The lowest BCUT2D eigenvalue weighted by atomic mass is 10.2. The molecule has 1 rings (SSSR count). The van der Waals surface area contributed by atoms with E-state index in [2.05, 4.69) is 26.1 Å². The molecule has 0 saturated heterocycles. The van der Waals surface area contributed by atoms with Crippen molar-refractivity contribution in [1.29, 1.82) is 0 Å². The van der Waals surface area contributed by atoms with Gasteiger partial charge in [0.05, 0.1) is 0 Å². The first-order chi connectivity index (χ1) is 5.66. The average molecular weight is 231 g/mol. The summed E-state index contributed by atoms with van der Waals surface area (Å²) in [5.74, 6) is 1.14. The van der Waals surface area contributed by atoms with E-state index in [4.69, 9.17) is 4.52 Å². The van der Waals surface area contributed by atoms with Crippen molar-refractivity contribution in [1.82, 2.24) is 5.16 Å². The second-order valence-corrected chi connectivity index (χ2v) is 3.34. The minimum atomic E-state index is 0.211. The maximum absolute atomic E-state index is 9.91. The molecule has 0 aromatic carbocycles. The highest BCUT2D eigenvalue weighted by Crippen LogP contribution is 2.32. The molecule has 0 saturated carbocycles.